The first kappa shape index (κ1) is 10.5. The van der Waals surface area contributed by atoms with Crippen LogP contribution in [-0.4, -0.2) is 19.1 Å². The SMILES string of the molecule is N#Cc1ccc(Br)cc1N1CCC(N)C1. The summed E-state index contributed by atoms with van der Waals surface area (Å²) in [6, 6.07) is 8.15. The van der Waals surface area contributed by atoms with Crippen LogP contribution in [0.25, 0.3) is 0 Å². The Morgan fingerprint density at radius 2 is 2.33 bits per heavy atom. The van der Waals surface area contributed by atoms with Gasteiger partial charge in [-0.1, -0.05) is 15.9 Å². The third-order valence-corrected chi connectivity index (χ3v) is 3.14. The van der Waals surface area contributed by atoms with Gasteiger partial charge in [-0.25, -0.2) is 0 Å². The third-order valence-electron chi connectivity index (χ3n) is 2.65. The molecule has 0 radical (unpaired) electrons. The van der Waals surface area contributed by atoms with E-state index in [4.69, 9.17) is 11.0 Å². The molecule has 4 heteroatoms. The maximum Gasteiger partial charge on any atom is 0.101 e. The molecule has 78 valence electrons. The fraction of sp³-hybridized carbons (Fsp3) is 0.364. The first-order chi connectivity index (χ1) is 7.20. The van der Waals surface area contributed by atoms with Gasteiger partial charge >= 0.3 is 0 Å². The minimum atomic E-state index is 0.232. The summed E-state index contributed by atoms with van der Waals surface area (Å²) in [5, 5.41) is 9.01. The molecule has 0 spiro atoms. The van der Waals surface area contributed by atoms with Gasteiger partial charge in [0.15, 0.2) is 0 Å². The average Bonchev–Trinajstić information content (AvgIpc) is 2.65. The monoisotopic (exact) mass is 265 g/mol. The summed E-state index contributed by atoms with van der Waals surface area (Å²) in [5.41, 5.74) is 7.56. The van der Waals surface area contributed by atoms with Gasteiger partial charge in [0, 0.05) is 23.6 Å². The molecule has 1 heterocycles. The Morgan fingerprint density at radius 1 is 1.53 bits per heavy atom. The minimum Gasteiger partial charge on any atom is -0.369 e. The van der Waals surface area contributed by atoms with Crippen molar-refractivity contribution in [1.29, 1.82) is 5.26 Å². The van der Waals surface area contributed by atoms with Gasteiger partial charge in [0.25, 0.3) is 0 Å². The predicted octanol–water partition coefficient (Wildman–Crippen LogP) is 1.86. The number of anilines is 1. The zero-order valence-corrected chi connectivity index (χ0v) is 9.87. The quantitative estimate of drug-likeness (QED) is 0.844. The van der Waals surface area contributed by atoms with Gasteiger partial charge in [0.05, 0.1) is 11.3 Å². The molecule has 1 unspecified atom stereocenters. The molecule has 1 aliphatic heterocycles. The molecule has 1 aromatic carbocycles. The van der Waals surface area contributed by atoms with Crippen molar-refractivity contribution in [2.75, 3.05) is 18.0 Å². The average molecular weight is 266 g/mol. The second-order valence-electron chi connectivity index (χ2n) is 3.77. The fourth-order valence-electron chi connectivity index (χ4n) is 1.87. The highest BCUT2D eigenvalue weighted by Crippen LogP contribution is 2.27. The van der Waals surface area contributed by atoms with Gasteiger partial charge in [0.1, 0.15) is 6.07 Å². The van der Waals surface area contributed by atoms with Crippen molar-refractivity contribution in [1.82, 2.24) is 0 Å². The summed E-state index contributed by atoms with van der Waals surface area (Å²) in [6.07, 6.45) is 0.997. The summed E-state index contributed by atoms with van der Waals surface area (Å²) in [4.78, 5) is 2.17. The smallest absolute Gasteiger partial charge is 0.101 e. The molecule has 0 amide bonds. The molecule has 15 heavy (non-hydrogen) atoms. The van der Waals surface area contributed by atoms with Crippen molar-refractivity contribution in [3.05, 3.63) is 28.2 Å². The Balaban J connectivity index is 2.34. The molecule has 2 N–H and O–H groups in total. The number of nitriles is 1. The summed E-state index contributed by atoms with van der Waals surface area (Å²) >= 11 is 3.42. The Hall–Kier alpha value is -1.05. The van der Waals surface area contributed by atoms with E-state index in [0.717, 1.165) is 29.7 Å². The molecule has 0 saturated carbocycles. The van der Waals surface area contributed by atoms with Crippen LogP contribution in [0.4, 0.5) is 5.69 Å². The maximum absolute atomic E-state index is 9.01. The minimum absolute atomic E-state index is 0.232. The van der Waals surface area contributed by atoms with Crippen molar-refractivity contribution in [2.45, 2.75) is 12.5 Å². The van der Waals surface area contributed by atoms with E-state index >= 15 is 0 Å². The van der Waals surface area contributed by atoms with Crippen LogP contribution in [0.2, 0.25) is 0 Å². The van der Waals surface area contributed by atoms with Crippen LogP contribution in [-0.2, 0) is 0 Å². The Morgan fingerprint density at radius 3 is 2.93 bits per heavy atom. The molecular formula is C11H12BrN3. The zero-order chi connectivity index (χ0) is 10.8. The molecule has 1 aliphatic rings. The number of halogens is 1. The van der Waals surface area contributed by atoms with Crippen LogP contribution < -0.4 is 10.6 Å². The second-order valence-corrected chi connectivity index (χ2v) is 4.68. The van der Waals surface area contributed by atoms with Gasteiger partial charge in [0.2, 0.25) is 0 Å². The largest absolute Gasteiger partial charge is 0.369 e. The first-order valence-electron chi connectivity index (χ1n) is 4.91. The van der Waals surface area contributed by atoms with Crippen LogP contribution in [0.1, 0.15) is 12.0 Å². The van der Waals surface area contributed by atoms with E-state index in [0.29, 0.717) is 5.56 Å². The van der Waals surface area contributed by atoms with E-state index in [-0.39, 0.29) is 6.04 Å². The molecule has 1 atom stereocenters. The summed E-state index contributed by atoms with van der Waals surface area (Å²) in [7, 11) is 0. The van der Waals surface area contributed by atoms with Crippen LogP contribution >= 0.6 is 15.9 Å². The number of rotatable bonds is 1. The maximum atomic E-state index is 9.01. The predicted molar refractivity (Wildman–Crippen MR) is 63.7 cm³/mol. The number of nitrogens with zero attached hydrogens (tertiary/aromatic N) is 2. The second kappa shape index (κ2) is 4.21. The van der Waals surface area contributed by atoms with Gasteiger partial charge in [-0.05, 0) is 24.6 Å². The van der Waals surface area contributed by atoms with E-state index in [1.54, 1.807) is 0 Å². The lowest BCUT2D eigenvalue weighted by atomic mass is 10.2. The molecule has 1 fully saturated rings. The van der Waals surface area contributed by atoms with E-state index < -0.39 is 0 Å². The Kier molecular flexibility index (Phi) is 2.94. The number of nitrogens with two attached hydrogens (primary N) is 1. The Labute approximate surface area is 97.6 Å². The van der Waals surface area contributed by atoms with Gasteiger partial charge in [-0.2, -0.15) is 5.26 Å². The lowest BCUT2D eigenvalue weighted by Gasteiger charge is -2.19. The van der Waals surface area contributed by atoms with E-state index in [9.17, 15) is 0 Å². The van der Waals surface area contributed by atoms with E-state index in [1.165, 1.54) is 0 Å². The first-order valence-corrected chi connectivity index (χ1v) is 5.70. The van der Waals surface area contributed by atoms with Gasteiger partial charge in [-0.3, -0.25) is 0 Å². The standard InChI is InChI=1S/C11H12BrN3/c12-9-2-1-8(6-13)11(5-9)15-4-3-10(14)7-15/h1-2,5,10H,3-4,7,14H2. The number of hydrogen-bond acceptors (Lipinski definition) is 3. The normalized spacial score (nSPS) is 20.3. The van der Waals surface area contributed by atoms with Crippen molar-refractivity contribution in [3.63, 3.8) is 0 Å². The lowest BCUT2D eigenvalue weighted by molar-refractivity contribution is 0.752. The highest BCUT2D eigenvalue weighted by atomic mass is 79.9. The summed E-state index contributed by atoms with van der Waals surface area (Å²) in [6.45, 7) is 1.78. The van der Waals surface area contributed by atoms with Gasteiger partial charge in [-0.15, -0.1) is 0 Å². The highest BCUT2D eigenvalue weighted by Gasteiger charge is 2.21. The van der Waals surface area contributed by atoms with Crippen molar-refractivity contribution in [3.8, 4) is 6.07 Å². The number of benzene rings is 1. The fourth-order valence-corrected chi connectivity index (χ4v) is 2.22. The van der Waals surface area contributed by atoms with Crippen molar-refractivity contribution < 1.29 is 0 Å². The molecule has 1 saturated heterocycles. The lowest BCUT2D eigenvalue weighted by Crippen LogP contribution is -2.26. The van der Waals surface area contributed by atoms with E-state index in [2.05, 4.69) is 26.9 Å². The topological polar surface area (TPSA) is 53.0 Å². The Bertz CT molecular complexity index is 411. The number of hydrogen-bond donors (Lipinski definition) is 1. The van der Waals surface area contributed by atoms with Crippen molar-refractivity contribution in [2.24, 2.45) is 5.73 Å². The summed E-state index contributed by atoms with van der Waals surface area (Å²) in [5.74, 6) is 0. The van der Waals surface area contributed by atoms with Crippen molar-refractivity contribution >= 4 is 21.6 Å². The summed E-state index contributed by atoms with van der Waals surface area (Å²) < 4.78 is 0.997. The zero-order valence-electron chi connectivity index (χ0n) is 8.28. The van der Waals surface area contributed by atoms with Crippen LogP contribution in [0, 0.1) is 11.3 Å². The van der Waals surface area contributed by atoms with Crippen LogP contribution in [0.3, 0.4) is 0 Å². The molecule has 1 aromatic rings. The highest BCUT2D eigenvalue weighted by molar-refractivity contribution is 9.10. The van der Waals surface area contributed by atoms with E-state index in [1.807, 2.05) is 18.2 Å². The molecule has 0 aliphatic carbocycles. The molecule has 0 bridgehead atoms. The molecular weight excluding hydrogens is 254 g/mol. The van der Waals surface area contributed by atoms with Crippen LogP contribution in [0.15, 0.2) is 22.7 Å². The molecule has 0 aromatic heterocycles. The third kappa shape index (κ3) is 2.14. The molecule has 2 rings (SSSR count). The van der Waals surface area contributed by atoms with Gasteiger partial charge < -0.3 is 10.6 Å². The van der Waals surface area contributed by atoms with Crippen LogP contribution in [0.5, 0.6) is 0 Å². The molecule has 3 nitrogen and oxygen atoms in total.